The summed E-state index contributed by atoms with van der Waals surface area (Å²) in [6.07, 6.45) is -2.92. The molecule has 0 bridgehead atoms. The number of hydrogen-bond acceptors (Lipinski definition) is 4. The molecular weight excluding hydrogens is 440 g/mol. The van der Waals surface area contributed by atoms with Crippen molar-refractivity contribution >= 4 is 29.9 Å². The Morgan fingerprint density at radius 1 is 1.29 bits per heavy atom. The Bertz CT molecular complexity index is 484. The van der Waals surface area contributed by atoms with E-state index in [4.69, 9.17) is 4.74 Å². The predicted octanol–water partition coefficient (Wildman–Crippen LogP) is 2.34. The van der Waals surface area contributed by atoms with Crippen molar-refractivity contribution in [2.75, 3.05) is 33.4 Å². The van der Waals surface area contributed by atoms with Crippen LogP contribution < -0.4 is 15.4 Å². The lowest BCUT2D eigenvalue weighted by Gasteiger charge is -2.12. The maximum absolute atomic E-state index is 12.0. The van der Waals surface area contributed by atoms with Crippen LogP contribution in [0.15, 0.2) is 23.3 Å². The largest absolute Gasteiger partial charge is 0.468 e. The summed E-state index contributed by atoms with van der Waals surface area (Å²) in [5.74, 6) is 0.535. The van der Waals surface area contributed by atoms with Gasteiger partial charge >= 0.3 is 6.18 Å². The monoisotopic (exact) mass is 462 g/mol. The van der Waals surface area contributed by atoms with E-state index in [0.717, 1.165) is 5.56 Å². The fourth-order valence-electron chi connectivity index (χ4n) is 1.55. The van der Waals surface area contributed by atoms with Crippen LogP contribution in [0.25, 0.3) is 0 Å². The molecule has 1 heterocycles. The Morgan fingerprint density at radius 3 is 2.58 bits per heavy atom. The number of nitrogens with zero attached hydrogens (tertiary/aromatic N) is 2. The van der Waals surface area contributed by atoms with Gasteiger partial charge in [0.15, 0.2) is 12.6 Å². The zero-order valence-corrected chi connectivity index (χ0v) is 15.9. The van der Waals surface area contributed by atoms with Gasteiger partial charge in [-0.25, -0.2) is 4.98 Å². The van der Waals surface area contributed by atoms with Crippen molar-refractivity contribution in [3.05, 3.63) is 23.9 Å². The second kappa shape index (κ2) is 12.1. The van der Waals surface area contributed by atoms with Gasteiger partial charge in [0.1, 0.15) is 0 Å². The molecule has 138 valence electrons. The van der Waals surface area contributed by atoms with Gasteiger partial charge in [0.25, 0.3) is 0 Å². The molecule has 0 aliphatic carbocycles. The zero-order chi connectivity index (χ0) is 17.1. The highest BCUT2D eigenvalue weighted by molar-refractivity contribution is 14.0. The third-order valence-electron chi connectivity index (χ3n) is 2.61. The molecule has 0 aliphatic heterocycles. The van der Waals surface area contributed by atoms with E-state index in [1.54, 1.807) is 13.1 Å². The number of ether oxygens (including phenoxy) is 2. The first-order valence-corrected chi connectivity index (χ1v) is 7.11. The normalized spacial score (nSPS) is 11.6. The standard InChI is InChI=1S/C14H21F3N4O2.HI/c1-3-22-7-6-19-13(18-2)21-9-11-4-5-12(20-8-11)23-10-14(15,16)17;/h4-5,8H,3,6-7,9-10H2,1-2H3,(H2,18,19,21);1H. The summed E-state index contributed by atoms with van der Waals surface area (Å²) < 4.78 is 45.8. The second-order valence-corrected chi connectivity index (χ2v) is 4.46. The van der Waals surface area contributed by atoms with Crippen LogP contribution in [-0.2, 0) is 11.3 Å². The smallest absolute Gasteiger partial charge is 0.422 e. The molecule has 1 aromatic rings. The first-order chi connectivity index (χ1) is 10.9. The number of nitrogens with one attached hydrogen (secondary N) is 2. The SMILES string of the molecule is CCOCCNC(=NC)NCc1ccc(OCC(F)(F)F)nc1.I. The van der Waals surface area contributed by atoms with Crippen LogP contribution in [0.1, 0.15) is 12.5 Å². The van der Waals surface area contributed by atoms with Crippen molar-refractivity contribution in [2.45, 2.75) is 19.6 Å². The van der Waals surface area contributed by atoms with Crippen LogP contribution in [0.5, 0.6) is 5.88 Å². The highest BCUT2D eigenvalue weighted by atomic mass is 127. The fraction of sp³-hybridized carbons (Fsp3) is 0.571. The van der Waals surface area contributed by atoms with E-state index >= 15 is 0 Å². The molecule has 24 heavy (non-hydrogen) atoms. The van der Waals surface area contributed by atoms with Crippen molar-refractivity contribution < 1.29 is 22.6 Å². The van der Waals surface area contributed by atoms with Gasteiger partial charge in [0.05, 0.1) is 6.61 Å². The van der Waals surface area contributed by atoms with E-state index in [1.807, 2.05) is 6.92 Å². The molecule has 0 radical (unpaired) electrons. The summed E-state index contributed by atoms with van der Waals surface area (Å²) in [5.41, 5.74) is 0.789. The van der Waals surface area contributed by atoms with Gasteiger partial charge in [-0.2, -0.15) is 13.2 Å². The van der Waals surface area contributed by atoms with Crippen molar-refractivity contribution in [3.63, 3.8) is 0 Å². The predicted molar refractivity (Wildman–Crippen MR) is 95.9 cm³/mol. The number of pyridine rings is 1. The maximum atomic E-state index is 12.0. The molecule has 6 nitrogen and oxygen atoms in total. The van der Waals surface area contributed by atoms with Gasteiger partial charge in [-0.3, -0.25) is 4.99 Å². The van der Waals surface area contributed by atoms with Gasteiger partial charge in [0.2, 0.25) is 5.88 Å². The van der Waals surface area contributed by atoms with E-state index < -0.39 is 12.8 Å². The molecule has 0 aliphatic rings. The molecule has 0 aromatic carbocycles. The summed E-state index contributed by atoms with van der Waals surface area (Å²) in [7, 11) is 1.64. The minimum atomic E-state index is -4.37. The highest BCUT2D eigenvalue weighted by Gasteiger charge is 2.28. The van der Waals surface area contributed by atoms with Gasteiger partial charge in [0, 0.05) is 39.0 Å². The van der Waals surface area contributed by atoms with E-state index in [1.165, 1.54) is 12.3 Å². The molecule has 0 saturated carbocycles. The highest BCUT2D eigenvalue weighted by Crippen LogP contribution is 2.16. The van der Waals surface area contributed by atoms with E-state index in [-0.39, 0.29) is 29.9 Å². The Hall–Kier alpha value is -1.30. The zero-order valence-electron chi connectivity index (χ0n) is 13.5. The Labute approximate surface area is 156 Å². The lowest BCUT2D eigenvalue weighted by atomic mass is 10.3. The van der Waals surface area contributed by atoms with Crippen LogP contribution >= 0.6 is 24.0 Å². The molecular formula is C14H22F3IN4O2. The van der Waals surface area contributed by atoms with Crippen molar-refractivity contribution in [1.82, 2.24) is 15.6 Å². The molecule has 0 spiro atoms. The van der Waals surface area contributed by atoms with Crippen LogP contribution in [-0.4, -0.2) is 50.5 Å². The topological polar surface area (TPSA) is 67.8 Å². The molecule has 0 unspecified atom stereocenters. The molecule has 2 N–H and O–H groups in total. The number of halogens is 4. The van der Waals surface area contributed by atoms with Crippen molar-refractivity contribution in [3.8, 4) is 5.88 Å². The molecule has 0 amide bonds. The van der Waals surface area contributed by atoms with Crippen LogP contribution in [0.4, 0.5) is 13.2 Å². The van der Waals surface area contributed by atoms with Gasteiger partial charge in [-0.1, -0.05) is 6.07 Å². The Kier molecular flexibility index (Phi) is 11.5. The summed E-state index contributed by atoms with van der Waals surface area (Å²) in [4.78, 5) is 7.87. The summed E-state index contributed by atoms with van der Waals surface area (Å²) in [5, 5.41) is 6.13. The summed E-state index contributed by atoms with van der Waals surface area (Å²) in [6, 6.07) is 3.03. The molecule has 0 atom stereocenters. The Morgan fingerprint density at radius 2 is 2.04 bits per heavy atom. The van der Waals surface area contributed by atoms with E-state index in [0.29, 0.717) is 32.3 Å². The first kappa shape index (κ1) is 22.7. The first-order valence-electron chi connectivity index (χ1n) is 7.11. The quantitative estimate of drug-likeness (QED) is 0.269. The number of rotatable bonds is 8. The van der Waals surface area contributed by atoms with Crippen molar-refractivity contribution in [1.29, 1.82) is 0 Å². The van der Waals surface area contributed by atoms with Crippen LogP contribution in [0, 0.1) is 0 Å². The van der Waals surface area contributed by atoms with Gasteiger partial charge in [-0.15, -0.1) is 24.0 Å². The maximum Gasteiger partial charge on any atom is 0.422 e. The Balaban J connectivity index is 0.00000529. The number of aromatic nitrogens is 1. The molecule has 0 fully saturated rings. The van der Waals surface area contributed by atoms with E-state index in [2.05, 4.69) is 25.3 Å². The average Bonchev–Trinajstić information content (AvgIpc) is 2.52. The third-order valence-corrected chi connectivity index (χ3v) is 2.61. The third kappa shape index (κ3) is 10.5. The lowest BCUT2D eigenvalue weighted by molar-refractivity contribution is -0.154. The summed E-state index contributed by atoms with van der Waals surface area (Å²) in [6.45, 7) is 2.85. The molecule has 0 saturated heterocycles. The number of alkyl halides is 3. The van der Waals surface area contributed by atoms with Gasteiger partial charge in [-0.05, 0) is 12.5 Å². The molecule has 1 aromatic heterocycles. The molecule has 1 rings (SSSR count). The number of guanidine groups is 1. The van der Waals surface area contributed by atoms with Crippen LogP contribution in [0.2, 0.25) is 0 Å². The minimum Gasteiger partial charge on any atom is -0.468 e. The van der Waals surface area contributed by atoms with Crippen LogP contribution in [0.3, 0.4) is 0 Å². The molecule has 10 heteroatoms. The number of aliphatic imine (C=N–C) groups is 1. The summed E-state index contributed by atoms with van der Waals surface area (Å²) >= 11 is 0. The number of hydrogen-bond donors (Lipinski definition) is 2. The fourth-order valence-corrected chi connectivity index (χ4v) is 1.55. The average molecular weight is 462 g/mol. The van der Waals surface area contributed by atoms with Crippen molar-refractivity contribution in [2.24, 2.45) is 4.99 Å². The second-order valence-electron chi connectivity index (χ2n) is 4.46. The lowest BCUT2D eigenvalue weighted by Crippen LogP contribution is -2.38. The van der Waals surface area contributed by atoms with E-state index in [9.17, 15) is 13.2 Å². The minimum absolute atomic E-state index is 0. The van der Waals surface area contributed by atoms with Gasteiger partial charge < -0.3 is 20.1 Å².